The van der Waals surface area contributed by atoms with E-state index in [0.717, 1.165) is 11.8 Å². The SMILES string of the molecule is Cc1ccc(S(=O)(=O)n2c(C)c(/C=C/[N+](=O)[O-])c3ccccc32)cc1. The van der Waals surface area contributed by atoms with Crippen LogP contribution in [0.5, 0.6) is 0 Å². The molecular weight excluding hydrogens is 340 g/mol. The Morgan fingerprint density at radius 1 is 1.04 bits per heavy atom. The third-order valence-corrected chi connectivity index (χ3v) is 5.85. The molecule has 6 nitrogen and oxygen atoms in total. The van der Waals surface area contributed by atoms with Crippen molar-refractivity contribution in [2.75, 3.05) is 0 Å². The second-order valence-electron chi connectivity index (χ2n) is 5.70. The van der Waals surface area contributed by atoms with Crippen LogP contribution in [0.4, 0.5) is 0 Å². The van der Waals surface area contributed by atoms with Crippen molar-refractivity contribution in [3.8, 4) is 0 Å². The van der Waals surface area contributed by atoms with Crippen LogP contribution in [-0.4, -0.2) is 17.3 Å². The van der Waals surface area contributed by atoms with Gasteiger partial charge in [0.05, 0.1) is 15.3 Å². The third kappa shape index (κ3) is 2.94. The van der Waals surface area contributed by atoms with Gasteiger partial charge in [-0.1, -0.05) is 35.9 Å². The fourth-order valence-electron chi connectivity index (χ4n) is 2.83. The Morgan fingerprint density at radius 3 is 2.32 bits per heavy atom. The van der Waals surface area contributed by atoms with Crippen LogP contribution < -0.4 is 0 Å². The van der Waals surface area contributed by atoms with Crippen molar-refractivity contribution in [1.29, 1.82) is 0 Å². The number of hydrogen-bond donors (Lipinski definition) is 0. The molecule has 7 heteroatoms. The minimum atomic E-state index is -3.82. The molecule has 0 fully saturated rings. The summed E-state index contributed by atoms with van der Waals surface area (Å²) in [5.74, 6) is 0. The minimum absolute atomic E-state index is 0.173. The first-order valence-electron chi connectivity index (χ1n) is 7.56. The molecule has 0 bridgehead atoms. The molecule has 0 N–H and O–H groups in total. The number of nitro groups is 1. The molecule has 3 aromatic rings. The quantitative estimate of drug-likeness (QED) is 0.527. The van der Waals surface area contributed by atoms with Gasteiger partial charge in [-0.2, -0.15) is 0 Å². The van der Waals surface area contributed by atoms with Crippen molar-refractivity contribution < 1.29 is 13.3 Å². The highest BCUT2D eigenvalue weighted by Crippen LogP contribution is 2.30. The van der Waals surface area contributed by atoms with Crippen LogP contribution in [0.3, 0.4) is 0 Å². The van der Waals surface area contributed by atoms with Crippen LogP contribution in [0.15, 0.2) is 59.6 Å². The first kappa shape index (κ1) is 16.9. The lowest BCUT2D eigenvalue weighted by Gasteiger charge is -2.10. The lowest BCUT2D eigenvalue weighted by Crippen LogP contribution is -2.14. The van der Waals surface area contributed by atoms with Crippen molar-refractivity contribution >= 4 is 27.0 Å². The van der Waals surface area contributed by atoms with Crippen molar-refractivity contribution in [3.05, 3.63) is 81.7 Å². The van der Waals surface area contributed by atoms with Crippen LogP contribution in [0, 0.1) is 24.0 Å². The molecule has 0 unspecified atom stereocenters. The van der Waals surface area contributed by atoms with Crippen molar-refractivity contribution in [3.63, 3.8) is 0 Å². The number of rotatable bonds is 4. The van der Waals surface area contributed by atoms with E-state index < -0.39 is 14.9 Å². The number of fused-ring (bicyclic) bond motifs is 1. The second kappa shape index (κ2) is 6.18. The van der Waals surface area contributed by atoms with Crippen molar-refractivity contribution in [1.82, 2.24) is 3.97 Å². The van der Waals surface area contributed by atoms with Crippen LogP contribution in [0.1, 0.15) is 16.8 Å². The Hall–Kier alpha value is -2.93. The number of aromatic nitrogens is 1. The molecule has 1 aromatic heterocycles. The Balaban J connectivity index is 2.31. The number of nitrogens with zero attached hydrogens (tertiary/aromatic N) is 2. The second-order valence-corrected chi connectivity index (χ2v) is 7.49. The predicted molar refractivity (Wildman–Crippen MR) is 96.5 cm³/mol. The zero-order valence-corrected chi connectivity index (χ0v) is 14.5. The van der Waals surface area contributed by atoms with E-state index in [9.17, 15) is 18.5 Å². The summed E-state index contributed by atoms with van der Waals surface area (Å²) in [6.07, 6.45) is 2.15. The number of aryl methyl sites for hydroxylation is 1. The molecule has 0 atom stereocenters. The van der Waals surface area contributed by atoms with E-state index in [1.165, 1.54) is 10.0 Å². The van der Waals surface area contributed by atoms with E-state index in [-0.39, 0.29) is 4.90 Å². The summed E-state index contributed by atoms with van der Waals surface area (Å²) >= 11 is 0. The zero-order valence-electron chi connectivity index (χ0n) is 13.7. The van der Waals surface area contributed by atoms with Gasteiger partial charge in [-0.25, -0.2) is 12.4 Å². The summed E-state index contributed by atoms with van der Waals surface area (Å²) in [6.45, 7) is 3.53. The maximum absolute atomic E-state index is 13.1. The summed E-state index contributed by atoms with van der Waals surface area (Å²) in [5.41, 5.74) is 2.40. The molecule has 0 saturated carbocycles. The summed E-state index contributed by atoms with van der Waals surface area (Å²) in [5, 5.41) is 11.3. The molecule has 2 aromatic carbocycles. The normalized spacial score (nSPS) is 12.1. The molecule has 128 valence electrons. The smallest absolute Gasteiger partial charge is 0.259 e. The van der Waals surface area contributed by atoms with Crippen LogP contribution in [0.25, 0.3) is 17.0 Å². The van der Waals surface area contributed by atoms with Crippen LogP contribution in [0.2, 0.25) is 0 Å². The maximum Gasteiger partial charge on any atom is 0.268 e. The average molecular weight is 356 g/mol. The summed E-state index contributed by atoms with van der Waals surface area (Å²) < 4.78 is 27.5. The summed E-state index contributed by atoms with van der Waals surface area (Å²) in [7, 11) is -3.82. The molecule has 25 heavy (non-hydrogen) atoms. The van der Waals surface area contributed by atoms with Gasteiger partial charge < -0.3 is 0 Å². The van der Waals surface area contributed by atoms with Gasteiger partial charge >= 0.3 is 0 Å². The van der Waals surface area contributed by atoms with Gasteiger partial charge in [0.25, 0.3) is 10.0 Å². The lowest BCUT2D eigenvalue weighted by atomic mass is 10.1. The Kier molecular flexibility index (Phi) is 4.18. The molecule has 3 rings (SSSR count). The zero-order chi connectivity index (χ0) is 18.2. The first-order chi connectivity index (χ1) is 11.8. The van der Waals surface area contributed by atoms with Gasteiger partial charge in [0.2, 0.25) is 6.20 Å². The van der Waals surface area contributed by atoms with E-state index in [0.29, 0.717) is 22.2 Å². The highest BCUT2D eigenvalue weighted by molar-refractivity contribution is 7.90. The lowest BCUT2D eigenvalue weighted by molar-refractivity contribution is -0.400. The molecule has 0 aliphatic heterocycles. The van der Waals surface area contributed by atoms with E-state index in [2.05, 4.69) is 0 Å². The van der Waals surface area contributed by atoms with Gasteiger partial charge in [0.15, 0.2) is 0 Å². The number of benzene rings is 2. The predicted octanol–water partition coefficient (Wildman–Crippen LogP) is 3.74. The summed E-state index contributed by atoms with van der Waals surface area (Å²) in [6, 6.07) is 13.6. The number of para-hydroxylation sites is 1. The molecule has 0 aliphatic carbocycles. The van der Waals surface area contributed by atoms with E-state index in [1.54, 1.807) is 55.5 Å². The van der Waals surface area contributed by atoms with E-state index in [4.69, 9.17) is 0 Å². The molecular formula is C18H16N2O4S. The standard InChI is InChI=1S/C18H16N2O4S/c1-13-7-9-15(10-8-13)25(23,24)20-14(2)16(11-12-19(21)22)17-5-3-4-6-18(17)20/h3-12H,1-2H3/b12-11+. The molecule has 0 saturated heterocycles. The molecule has 0 amide bonds. The largest absolute Gasteiger partial charge is 0.268 e. The highest BCUT2D eigenvalue weighted by atomic mass is 32.2. The minimum Gasteiger partial charge on any atom is -0.259 e. The monoisotopic (exact) mass is 356 g/mol. The molecule has 0 radical (unpaired) electrons. The maximum atomic E-state index is 13.1. The van der Waals surface area contributed by atoms with Crippen LogP contribution in [-0.2, 0) is 10.0 Å². The highest BCUT2D eigenvalue weighted by Gasteiger charge is 2.24. The van der Waals surface area contributed by atoms with Crippen molar-refractivity contribution in [2.45, 2.75) is 18.7 Å². The van der Waals surface area contributed by atoms with E-state index >= 15 is 0 Å². The molecule has 0 spiro atoms. The number of hydrogen-bond acceptors (Lipinski definition) is 4. The van der Waals surface area contributed by atoms with Gasteiger partial charge in [0, 0.05) is 22.7 Å². The molecule has 0 aliphatic rings. The van der Waals surface area contributed by atoms with Gasteiger partial charge in [-0.05, 0) is 32.0 Å². The fraction of sp³-hybridized carbons (Fsp3) is 0.111. The van der Waals surface area contributed by atoms with Gasteiger partial charge in [0.1, 0.15) is 0 Å². The average Bonchev–Trinajstić information content (AvgIpc) is 2.85. The van der Waals surface area contributed by atoms with E-state index in [1.807, 2.05) is 6.92 Å². The summed E-state index contributed by atoms with van der Waals surface area (Å²) in [4.78, 5) is 10.3. The Bertz CT molecular complexity index is 1090. The topological polar surface area (TPSA) is 82.2 Å². The van der Waals surface area contributed by atoms with Crippen molar-refractivity contribution in [2.24, 2.45) is 0 Å². The Morgan fingerprint density at radius 2 is 1.68 bits per heavy atom. The molecule has 1 heterocycles. The van der Waals surface area contributed by atoms with Crippen LogP contribution >= 0.6 is 0 Å². The first-order valence-corrected chi connectivity index (χ1v) is 9.00. The Labute approximate surface area is 145 Å². The third-order valence-electron chi connectivity index (χ3n) is 4.03. The fourth-order valence-corrected chi connectivity index (χ4v) is 4.40. The van der Waals surface area contributed by atoms with Gasteiger partial charge in [-0.3, -0.25) is 10.1 Å². The van der Waals surface area contributed by atoms with Gasteiger partial charge in [-0.15, -0.1) is 0 Å².